The van der Waals surface area contributed by atoms with Crippen molar-refractivity contribution in [2.75, 3.05) is 5.32 Å². The fourth-order valence-electron chi connectivity index (χ4n) is 2.93. The topological polar surface area (TPSA) is 124 Å². The molecule has 0 saturated carbocycles. The molecule has 144 valence electrons. The number of allylic oxidation sites excluding steroid dienone is 1. The average molecular weight is 381 g/mol. The maximum absolute atomic E-state index is 12.5. The first-order chi connectivity index (χ1) is 13.5. The van der Waals surface area contributed by atoms with E-state index < -0.39 is 23.8 Å². The van der Waals surface area contributed by atoms with Gasteiger partial charge in [-0.3, -0.25) is 34.5 Å². The van der Waals surface area contributed by atoms with Crippen molar-refractivity contribution in [2.45, 2.75) is 25.8 Å². The van der Waals surface area contributed by atoms with Gasteiger partial charge in [0.15, 0.2) is 0 Å². The predicted octanol–water partition coefficient (Wildman–Crippen LogP) is 1.18. The SMILES string of the molecule is C/C(=C\C(=O)N(C=O)C1CCC(=O)NC1=O)Nc1cccc(-c2ccn[nH]2)c1. The van der Waals surface area contributed by atoms with Crippen LogP contribution >= 0.6 is 0 Å². The highest BCUT2D eigenvalue weighted by atomic mass is 16.2. The van der Waals surface area contributed by atoms with Crippen molar-refractivity contribution >= 4 is 29.8 Å². The van der Waals surface area contributed by atoms with Crippen molar-refractivity contribution in [3.8, 4) is 11.3 Å². The highest BCUT2D eigenvalue weighted by Gasteiger charge is 2.33. The molecule has 3 N–H and O–H groups in total. The molecule has 4 amide bonds. The van der Waals surface area contributed by atoms with E-state index in [4.69, 9.17) is 0 Å². The molecule has 3 rings (SSSR count). The molecule has 1 aliphatic heterocycles. The first-order valence-corrected chi connectivity index (χ1v) is 8.64. The molecule has 1 unspecified atom stereocenters. The van der Waals surface area contributed by atoms with Gasteiger partial charge in [-0.15, -0.1) is 0 Å². The lowest BCUT2D eigenvalue weighted by Gasteiger charge is -2.27. The fourth-order valence-corrected chi connectivity index (χ4v) is 2.93. The Balaban J connectivity index is 1.71. The van der Waals surface area contributed by atoms with Gasteiger partial charge in [0.05, 0.1) is 5.69 Å². The Labute approximate surface area is 160 Å². The molecule has 1 fully saturated rings. The summed E-state index contributed by atoms with van der Waals surface area (Å²) in [4.78, 5) is 47.8. The molecule has 2 aromatic rings. The lowest BCUT2D eigenvalue weighted by molar-refractivity contribution is -0.148. The molecule has 9 heteroatoms. The van der Waals surface area contributed by atoms with Gasteiger partial charge in [0.25, 0.3) is 5.91 Å². The van der Waals surface area contributed by atoms with Crippen LogP contribution in [0.1, 0.15) is 19.8 Å². The van der Waals surface area contributed by atoms with E-state index in [1.54, 1.807) is 13.1 Å². The number of aromatic amines is 1. The summed E-state index contributed by atoms with van der Waals surface area (Å²) < 4.78 is 0. The van der Waals surface area contributed by atoms with Gasteiger partial charge in [-0.25, -0.2) is 0 Å². The second kappa shape index (κ2) is 8.30. The molecule has 0 aliphatic carbocycles. The Bertz CT molecular complexity index is 936. The first-order valence-electron chi connectivity index (χ1n) is 8.64. The minimum absolute atomic E-state index is 0.0787. The maximum Gasteiger partial charge on any atom is 0.255 e. The van der Waals surface area contributed by atoms with Crippen LogP contribution in [0.15, 0.2) is 48.3 Å². The summed E-state index contributed by atoms with van der Waals surface area (Å²) in [5.74, 6) is -1.70. The Morgan fingerprint density at radius 1 is 1.32 bits per heavy atom. The summed E-state index contributed by atoms with van der Waals surface area (Å²) in [6.07, 6.45) is 3.39. The molecule has 1 atom stereocenters. The fraction of sp³-hybridized carbons (Fsp3) is 0.211. The van der Waals surface area contributed by atoms with Gasteiger partial charge in [0, 0.05) is 35.6 Å². The first kappa shape index (κ1) is 19.0. The van der Waals surface area contributed by atoms with Crippen LogP contribution in [0.4, 0.5) is 5.69 Å². The normalized spacial score (nSPS) is 17.0. The Morgan fingerprint density at radius 3 is 2.82 bits per heavy atom. The van der Waals surface area contributed by atoms with Gasteiger partial charge in [-0.1, -0.05) is 12.1 Å². The summed E-state index contributed by atoms with van der Waals surface area (Å²) >= 11 is 0. The molecule has 1 aliphatic rings. The van der Waals surface area contributed by atoms with Crippen molar-refractivity contribution in [3.63, 3.8) is 0 Å². The van der Waals surface area contributed by atoms with Crippen molar-refractivity contribution in [2.24, 2.45) is 0 Å². The van der Waals surface area contributed by atoms with Gasteiger partial charge in [-0.05, 0) is 31.5 Å². The second-order valence-corrected chi connectivity index (χ2v) is 6.32. The molecule has 1 aromatic heterocycles. The van der Waals surface area contributed by atoms with Crippen LogP contribution in [0.25, 0.3) is 11.3 Å². The van der Waals surface area contributed by atoms with Crippen LogP contribution in [0.2, 0.25) is 0 Å². The number of amides is 4. The average Bonchev–Trinajstić information content (AvgIpc) is 3.19. The number of rotatable bonds is 6. The summed E-state index contributed by atoms with van der Waals surface area (Å²) in [5.41, 5.74) is 3.00. The van der Waals surface area contributed by atoms with Crippen molar-refractivity contribution in [3.05, 3.63) is 48.3 Å². The molecule has 1 aromatic carbocycles. The number of hydrogen-bond acceptors (Lipinski definition) is 6. The summed E-state index contributed by atoms with van der Waals surface area (Å²) in [5, 5.41) is 12.0. The zero-order valence-electron chi connectivity index (χ0n) is 15.1. The lowest BCUT2D eigenvalue weighted by atomic mass is 10.0. The molecule has 2 heterocycles. The van der Waals surface area contributed by atoms with E-state index in [1.165, 1.54) is 6.08 Å². The summed E-state index contributed by atoms with van der Waals surface area (Å²) in [6, 6.07) is 8.34. The number of nitrogens with one attached hydrogen (secondary N) is 3. The van der Waals surface area contributed by atoms with Crippen LogP contribution in [0, 0.1) is 0 Å². The zero-order chi connectivity index (χ0) is 20.1. The van der Waals surface area contributed by atoms with Gasteiger partial charge < -0.3 is 5.32 Å². The maximum atomic E-state index is 12.5. The van der Waals surface area contributed by atoms with Crippen LogP contribution in [0.3, 0.4) is 0 Å². The number of aromatic nitrogens is 2. The standard InChI is InChI=1S/C19H19N5O4/c1-12(21-14-4-2-3-13(10-14)15-7-8-20-23-15)9-18(27)24(11-25)16-5-6-17(26)22-19(16)28/h2-4,7-11,16,21H,5-6H2,1H3,(H,20,23)(H,22,26,28)/b12-9+. The quantitative estimate of drug-likeness (QED) is 0.392. The number of carbonyl (C=O) groups is 4. The third-order valence-electron chi connectivity index (χ3n) is 4.27. The Kier molecular flexibility index (Phi) is 5.64. The predicted molar refractivity (Wildman–Crippen MR) is 100 cm³/mol. The van der Waals surface area contributed by atoms with Gasteiger partial charge in [0.2, 0.25) is 18.2 Å². The molecule has 0 bridgehead atoms. The van der Waals surface area contributed by atoms with Crippen molar-refractivity contribution in [1.82, 2.24) is 20.4 Å². The summed E-state index contributed by atoms with van der Waals surface area (Å²) in [7, 11) is 0. The molecule has 1 saturated heterocycles. The number of anilines is 1. The van der Waals surface area contributed by atoms with Crippen LogP contribution in [0.5, 0.6) is 0 Å². The number of carbonyl (C=O) groups excluding carboxylic acids is 4. The monoisotopic (exact) mass is 381 g/mol. The zero-order valence-corrected chi connectivity index (χ0v) is 15.1. The van der Waals surface area contributed by atoms with Crippen LogP contribution in [-0.2, 0) is 19.2 Å². The molecular weight excluding hydrogens is 362 g/mol. The van der Waals surface area contributed by atoms with Gasteiger partial charge >= 0.3 is 0 Å². The second-order valence-electron chi connectivity index (χ2n) is 6.32. The van der Waals surface area contributed by atoms with Crippen molar-refractivity contribution in [1.29, 1.82) is 0 Å². The molecule has 28 heavy (non-hydrogen) atoms. The van der Waals surface area contributed by atoms with E-state index in [0.29, 0.717) is 12.1 Å². The number of imide groups is 2. The molecule has 9 nitrogen and oxygen atoms in total. The van der Waals surface area contributed by atoms with Gasteiger partial charge in [-0.2, -0.15) is 5.10 Å². The molecule has 0 radical (unpaired) electrons. The minimum atomic E-state index is -0.990. The van der Waals surface area contributed by atoms with E-state index in [2.05, 4.69) is 20.8 Å². The van der Waals surface area contributed by atoms with E-state index in [1.807, 2.05) is 30.3 Å². The van der Waals surface area contributed by atoms with Gasteiger partial charge in [0.1, 0.15) is 6.04 Å². The largest absolute Gasteiger partial charge is 0.359 e. The number of H-pyrrole nitrogens is 1. The van der Waals surface area contributed by atoms with E-state index in [9.17, 15) is 19.2 Å². The smallest absolute Gasteiger partial charge is 0.255 e. The highest BCUT2D eigenvalue weighted by Crippen LogP contribution is 2.21. The van der Waals surface area contributed by atoms with Crippen molar-refractivity contribution < 1.29 is 19.2 Å². The van der Waals surface area contributed by atoms with Crippen LogP contribution in [-0.4, -0.2) is 45.3 Å². The third-order valence-corrected chi connectivity index (χ3v) is 4.27. The van der Waals surface area contributed by atoms with E-state index in [0.717, 1.165) is 21.8 Å². The third kappa shape index (κ3) is 4.32. The molecule has 0 spiro atoms. The van der Waals surface area contributed by atoms with E-state index in [-0.39, 0.29) is 12.8 Å². The number of benzene rings is 1. The Morgan fingerprint density at radius 2 is 2.14 bits per heavy atom. The van der Waals surface area contributed by atoms with E-state index >= 15 is 0 Å². The Hall–Kier alpha value is -3.75. The minimum Gasteiger partial charge on any atom is -0.359 e. The summed E-state index contributed by atoms with van der Waals surface area (Å²) in [6.45, 7) is 1.67. The number of hydrogen-bond donors (Lipinski definition) is 3. The lowest BCUT2D eigenvalue weighted by Crippen LogP contribution is -2.53. The molecular formula is C19H19N5O4. The number of nitrogens with zero attached hydrogens (tertiary/aromatic N) is 2. The highest BCUT2D eigenvalue weighted by molar-refractivity contribution is 6.05. The van der Waals surface area contributed by atoms with Crippen LogP contribution < -0.4 is 10.6 Å². The number of piperidine rings is 1.